The van der Waals surface area contributed by atoms with E-state index in [1.54, 1.807) is 0 Å². The number of H-pyrrole nitrogens is 1. The fraction of sp³-hybridized carbons (Fsp3) is 0.167. The minimum atomic E-state index is -0.273. The summed E-state index contributed by atoms with van der Waals surface area (Å²) in [6.45, 7) is 0.326. The maximum Gasteiger partial charge on any atom is 0.280 e. The lowest BCUT2D eigenvalue weighted by Crippen LogP contribution is -2.32. The second-order valence-electron chi connectivity index (χ2n) is 3.56. The number of nitriles is 1. The van der Waals surface area contributed by atoms with Crippen LogP contribution in [0.1, 0.15) is 16.9 Å². The molecule has 0 aliphatic heterocycles. The molecule has 1 aromatic carbocycles. The lowest BCUT2D eigenvalue weighted by Gasteiger charge is -2.20. The van der Waals surface area contributed by atoms with Crippen molar-refractivity contribution in [2.75, 3.05) is 11.4 Å². The fourth-order valence-corrected chi connectivity index (χ4v) is 1.56. The van der Waals surface area contributed by atoms with Gasteiger partial charge in [0.15, 0.2) is 5.69 Å². The molecule has 1 N–H and O–H groups in total. The van der Waals surface area contributed by atoms with Gasteiger partial charge in [0, 0.05) is 12.2 Å². The Morgan fingerprint density at radius 1 is 1.39 bits per heavy atom. The normalized spacial score (nSPS) is 9.72. The zero-order valence-corrected chi connectivity index (χ0v) is 9.58. The number of para-hydroxylation sites is 1. The average Bonchev–Trinajstić information content (AvgIpc) is 2.94. The largest absolute Gasteiger partial charge is 0.306 e. The molecule has 0 saturated carbocycles. The zero-order valence-electron chi connectivity index (χ0n) is 9.58. The van der Waals surface area contributed by atoms with Crippen LogP contribution in [0.15, 0.2) is 36.5 Å². The minimum Gasteiger partial charge on any atom is -0.306 e. The molecule has 0 saturated heterocycles. The van der Waals surface area contributed by atoms with Crippen LogP contribution in [0.3, 0.4) is 0 Å². The summed E-state index contributed by atoms with van der Waals surface area (Å²) < 4.78 is 0. The maximum atomic E-state index is 12.2. The molecule has 0 atom stereocenters. The van der Waals surface area contributed by atoms with Gasteiger partial charge in [0.05, 0.1) is 18.7 Å². The molecular weight excluding hydrogens is 230 g/mol. The molecule has 18 heavy (non-hydrogen) atoms. The summed E-state index contributed by atoms with van der Waals surface area (Å²) >= 11 is 0. The topological polar surface area (TPSA) is 85.7 Å². The quantitative estimate of drug-likeness (QED) is 0.875. The smallest absolute Gasteiger partial charge is 0.280 e. The van der Waals surface area contributed by atoms with Crippen LogP contribution < -0.4 is 4.90 Å². The summed E-state index contributed by atoms with van der Waals surface area (Å²) in [5.74, 6) is -0.273. The number of benzene rings is 1. The summed E-state index contributed by atoms with van der Waals surface area (Å²) in [5, 5.41) is 18.4. The molecule has 0 aliphatic rings. The summed E-state index contributed by atoms with van der Waals surface area (Å²) in [6.07, 6.45) is 1.63. The number of rotatable bonds is 4. The highest BCUT2D eigenvalue weighted by Gasteiger charge is 2.19. The maximum absolute atomic E-state index is 12.2. The van der Waals surface area contributed by atoms with Crippen LogP contribution in [0.2, 0.25) is 0 Å². The summed E-state index contributed by atoms with van der Waals surface area (Å²) in [5.41, 5.74) is 0.970. The standard InChI is InChI=1S/C12H11N5O/c13-7-4-8-17(10-5-2-1-3-6-10)12(18)11-9-14-16-15-11/h1-3,5-6,9H,4,8H2,(H,14,15,16). The number of aromatic nitrogens is 3. The van der Waals surface area contributed by atoms with Crippen LogP contribution in [0.5, 0.6) is 0 Å². The van der Waals surface area contributed by atoms with Gasteiger partial charge in [-0.15, -0.1) is 0 Å². The molecule has 0 fully saturated rings. The van der Waals surface area contributed by atoms with Gasteiger partial charge in [-0.05, 0) is 12.1 Å². The predicted octanol–water partition coefficient (Wildman–Crippen LogP) is 1.37. The van der Waals surface area contributed by atoms with E-state index in [-0.39, 0.29) is 18.0 Å². The highest BCUT2D eigenvalue weighted by atomic mass is 16.2. The van der Waals surface area contributed by atoms with Gasteiger partial charge in [-0.25, -0.2) is 0 Å². The van der Waals surface area contributed by atoms with Crippen LogP contribution in [0.4, 0.5) is 5.69 Å². The first kappa shape index (κ1) is 11.8. The number of amides is 1. The second kappa shape index (κ2) is 5.59. The lowest BCUT2D eigenvalue weighted by molar-refractivity contribution is 0.0982. The van der Waals surface area contributed by atoms with Crippen LogP contribution in [0, 0.1) is 11.3 Å². The predicted molar refractivity (Wildman–Crippen MR) is 64.7 cm³/mol. The molecule has 0 bridgehead atoms. The van der Waals surface area contributed by atoms with Crippen molar-refractivity contribution in [2.45, 2.75) is 6.42 Å². The third kappa shape index (κ3) is 2.52. The molecule has 2 rings (SSSR count). The molecule has 90 valence electrons. The molecule has 6 nitrogen and oxygen atoms in total. The SMILES string of the molecule is N#CCCN(C(=O)c1cn[nH]n1)c1ccccc1. The lowest BCUT2D eigenvalue weighted by atomic mass is 10.2. The van der Waals surface area contributed by atoms with E-state index in [2.05, 4.69) is 15.4 Å². The van der Waals surface area contributed by atoms with Crippen molar-refractivity contribution < 1.29 is 4.79 Å². The van der Waals surface area contributed by atoms with Crippen molar-refractivity contribution in [1.29, 1.82) is 5.26 Å². The third-order valence-corrected chi connectivity index (χ3v) is 2.39. The van der Waals surface area contributed by atoms with Gasteiger partial charge < -0.3 is 4.90 Å². The van der Waals surface area contributed by atoms with Crippen LogP contribution in [0.25, 0.3) is 0 Å². The van der Waals surface area contributed by atoms with Gasteiger partial charge in [-0.1, -0.05) is 18.2 Å². The Bertz CT molecular complexity index is 544. The van der Waals surface area contributed by atoms with E-state index in [0.717, 1.165) is 5.69 Å². The van der Waals surface area contributed by atoms with E-state index in [0.29, 0.717) is 6.54 Å². The molecule has 2 aromatic rings. The van der Waals surface area contributed by atoms with Crippen molar-refractivity contribution in [3.8, 4) is 6.07 Å². The Kier molecular flexibility index (Phi) is 3.66. The minimum absolute atomic E-state index is 0.233. The van der Waals surface area contributed by atoms with Crippen molar-refractivity contribution in [3.05, 3.63) is 42.2 Å². The first-order chi connectivity index (χ1) is 8.83. The highest BCUT2D eigenvalue weighted by molar-refractivity contribution is 6.04. The molecule has 1 amide bonds. The Balaban J connectivity index is 2.26. The number of aromatic amines is 1. The van der Waals surface area contributed by atoms with E-state index in [4.69, 9.17) is 5.26 Å². The summed E-state index contributed by atoms with van der Waals surface area (Å²) in [6, 6.07) is 11.2. The monoisotopic (exact) mass is 241 g/mol. The van der Waals surface area contributed by atoms with Gasteiger partial charge in [-0.2, -0.15) is 20.7 Å². The number of hydrogen-bond donors (Lipinski definition) is 1. The number of nitrogens with zero attached hydrogens (tertiary/aromatic N) is 4. The first-order valence-corrected chi connectivity index (χ1v) is 5.42. The summed E-state index contributed by atoms with van der Waals surface area (Å²) in [7, 11) is 0. The van der Waals surface area contributed by atoms with E-state index >= 15 is 0 Å². The highest BCUT2D eigenvalue weighted by Crippen LogP contribution is 2.15. The van der Waals surface area contributed by atoms with E-state index in [1.165, 1.54) is 11.1 Å². The van der Waals surface area contributed by atoms with Crippen LogP contribution in [-0.4, -0.2) is 27.9 Å². The van der Waals surface area contributed by atoms with E-state index in [1.807, 2.05) is 36.4 Å². The number of carbonyl (C=O) groups excluding carboxylic acids is 1. The Morgan fingerprint density at radius 3 is 2.78 bits per heavy atom. The number of nitrogens with one attached hydrogen (secondary N) is 1. The average molecular weight is 241 g/mol. The van der Waals surface area contributed by atoms with Gasteiger partial charge in [0.25, 0.3) is 5.91 Å². The van der Waals surface area contributed by atoms with Crippen molar-refractivity contribution >= 4 is 11.6 Å². The molecule has 6 heteroatoms. The molecule has 1 aromatic heterocycles. The molecule has 0 radical (unpaired) electrons. The third-order valence-electron chi connectivity index (χ3n) is 2.39. The Morgan fingerprint density at radius 2 is 2.17 bits per heavy atom. The first-order valence-electron chi connectivity index (χ1n) is 5.42. The van der Waals surface area contributed by atoms with Crippen molar-refractivity contribution in [2.24, 2.45) is 0 Å². The van der Waals surface area contributed by atoms with E-state index in [9.17, 15) is 4.79 Å². The summed E-state index contributed by atoms with van der Waals surface area (Å²) in [4.78, 5) is 13.7. The van der Waals surface area contributed by atoms with Gasteiger partial charge >= 0.3 is 0 Å². The molecule has 0 aliphatic carbocycles. The van der Waals surface area contributed by atoms with Crippen molar-refractivity contribution in [1.82, 2.24) is 15.4 Å². The Hall–Kier alpha value is -2.68. The number of anilines is 1. The zero-order chi connectivity index (χ0) is 12.8. The van der Waals surface area contributed by atoms with Crippen LogP contribution in [-0.2, 0) is 0 Å². The Labute approximate surface area is 104 Å². The number of carbonyl (C=O) groups is 1. The van der Waals surface area contributed by atoms with Crippen molar-refractivity contribution in [3.63, 3.8) is 0 Å². The van der Waals surface area contributed by atoms with E-state index < -0.39 is 0 Å². The fourth-order valence-electron chi connectivity index (χ4n) is 1.56. The molecule has 0 spiro atoms. The van der Waals surface area contributed by atoms with Gasteiger partial charge in [0.2, 0.25) is 0 Å². The number of hydrogen-bond acceptors (Lipinski definition) is 4. The molecule has 1 heterocycles. The van der Waals surface area contributed by atoms with Crippen LogP contribution >= 0.6 is 0 Å². The molecular formula is C12H11N5O. The van der Waals surface area contributed by atoms with Gasteiger partial charge in [0.1, 0.15) is 0 Å². The van der Waals surface area contributed by atoms with Gasteiger partial charge in [-0.3, -0.25) is 4.79 Å². The molecule has 0 unspecified atom stereocenters. The second-order valence-corrected chi connectivity index (χ2v) is 3.56.